The Balaban J connectivity index is 1.81. The van der Waals surface area contributed by atoms with E-state index in [1.165, 1.54) is 10.4 Å². The summed E-state index contributed by atoms with van der Waals surface area (Å²) in [5.74, 6) is 0.184. The van der Waals surface area contributed by atoms with E-state index in [4.69, 9.17) is 13.9 Å². The lowest BCUT2D eigenvalue weighted by molar-refractivity contribution is -0.120. The molecule has 0 spiro atoms. The molecule has 1 aliphatic heterocycles. The smallest absolute Gasteiger partial charge is 0.261 e. The summed E-state index contributed by atoms with van der Waals surface area (Å²) in [7, 11) is -2.70. The van der Waals surface area contributed by atoms with Crippen molar-refractivity contribution in [2.45, 2.75) is 51.0 Å². The maximum Gasteiger partial charge on any atom is 0.261 e. The normalized spacial score (nSPS) is 23.6. The molecule has 0 N–H and O–H groups in total. The second kappa shape index (κ2) is 8.15. The summed E-state index contributed by atoms with van der Waals surface area (Å²) in [6, 6.07) is 21.1. The SMILES string of the molecule is CC(C)(C)[Si](O[C@H]1CC(=O)C[C@@H]1C1OCCO1)(c1ccccc1)c1ccccc1. The third-order valence-corrected chi connectivity index (χ3v) is 11.2. The molecule has 2 aliphatic rings. The highest BCUT2D eigenvalue weighted by molar-refractivity contribution is 6.99. The van der Waals surface area contributed by atoms with E-state index in [9.17, 15) is 4.79 Å². The molecule has 4 nitrogen and oxygen atoms in total. The van der Waals surface area contributed by atoms with Gasteiger partial charge in [-0.05, 0) is 15.4 Å². The predicted molar refractivity (Wildman–Crippen MR) is 116 cm³/mol. The minimum absolute atomic E-state index is 0.0494. The fourth-order valence-electron chi connectivity index (χ4n) is 4.80. The minimum Gasteiger partial charge on any atom is -0.404 e. The van der Waals surface area contributed by atoms with Crippen LogP contribution < -0.4 is 10.4 Å². The molecule has 0 amide bonds. The van der Waals surface area contributed by atoms with Crippen molar-refractivity contribution in [2.24, 2.45) is 5.92 Å². The summed E-state index contributed by atoms with van der Waals surface area (Å²) in [6.07, 6.45) is 0.355. The quantitative estimate of drug-likeness (QED) is 0.710. The molecule has 2 aromatic rings. The number of carbonyl (C=O) groups is 1. The van der Waals surface area contributed by atoms with Crippen molar-refractivity contribution < 1.29 is 18.7 Å². The molecule has 5 heteroatoms. The average Bonchev–Trinajstić information content (AvgIpc) is 3.36. The Morgan fingerprint density at radius 1 is 0.862 bits per heavy atom. The zero-order chi connectivity index (χ0) is 20.5. The van der Waals surface area contributed by atoms with Crippen LogP contribution in [0.1, 0.15) is 33.6 Å². The van der Waals surface area contributed by atoms with Crippen LogP contribution >= 0.6 is 0 Å². The number of hydrogen-bond donors (Lipinski definition) is 0. The molecule has 2 atom stereocenters. The van der Waals surface area contributed by atoms with Gasteiger partial charge in [0.05, 0.1) is 19.3 Å². The topological polar surface area (TPSA) is 44.8 Å². The van der Waals surface area contributed by atoms with Gasteiger partial charge in [-0.2, -0.15) is 0 Å². The lowest BCUT2D eigenvalue weighted by Gasteiger charge is -2.45. The molecule has 0 radical (unpaired) electrons. The van der Waals surface area contributed by atoms with Gasteiger partial charge in [-0.3, -0.25) is 4.79 Å². The highest BCUT2D eigenvalue weighted by Crippen LogP contribution is 2.41. The first kappa shape index (κ1) is 20.5. The molecule has 154 valence electrons. The van der Waals surface area contributed by atoms with E-state index in [2.05, 4.69) is 69.3 Å². The molecule has 0 aromatic heterocycles. The fraction of sp³-hybridized carbons (Fsp3) is 0.458. The van der Waals surface area contributed by atoms with Gasteiger partial charge in [-0.25, -0.2) is 0 Å². The second-order valence-electron chi connectivity index (χ2n) is 9.04. The summed E-state index contributed by atoms with van der Waals surface area (Å²) >= 11 is 0. The van der Waals surface area contributed by atoms with Crippen LogP contribution in [0.15, 0.2) is 60.7 Å². The molecule has 4 rings (SSSR count). The molecule has 29 heavy (non-hydrogen) atoms. The van der Waals surface area contributed by atoms with Crippen LogP contribution in [-0.4, -0.2) is 39.7 Å². The van der Waals surface area contributed by atoms with E-state index in [0.717, 1.165) is 0 Å². The molecule has 2 fully saturated rings. The van der Waals surface area contributed by atoms with Crippen molar-refractivity contribution in [2.75, 3.05) is 13.2 Å². The lowest BCUT2D eigenvalue weighted by Crippen LogP contribution is -2.68. The van der Waals surface area contributed by atoms with Crippen molar-refractivity contribution in [1.82, 2.24) is 0 Å². The molecule has 1 saturated heterocycles. The van der Waals surface area contributed by atoms with Crippen LogP contribution in [-0.2, 0) is 18.7 Å². The zero-order valence-electron chi connectivity index (χ0n) is 17.5. The van der Waals surface area contributed by atoms with Crippen LogP contribution in [0.25, 0.3) is 0 Å². The molecule has 0 bridgehead atoms. The highest BCUT2D eigenvalue weighted by atomic mass is 28.4. The Kier molecular flexibility index (Phi) is 5.75. The molecular formula is C24H30O4Si. The summed E-state index contributed by atoms with van der Waals surface area (Å²) < 4.78 is 18.8. The molecule has 0 unspecified atom stereocenters. The largest absolute Gasteiger partial charge is 0.404 e. The third kappa shape index (κ3) is 3.84. The van der Waals surface area contributed by atoms with E-state index >= 15 is 0 Å². The summed E-state index contributed by atoms with van der Waals surface area (Å²) in [6.45, 7) is 7.94. The van der Waals surface area contributed by atoms with E-state index < -0.39 is 8.32 Å². The zero-order valence-corrected chi connectivity index (χ0v) is 18.5. The number of carbonyl (C=O) groups excluding carboxylic acids is 1. The number of Topliss-reactive ketones (excluding diaryl/α,β-unsaturated/α-hetero) is 1. The number of hydrogen-bond acceptors (Lipinski definition) is 4. The Morgan fingerprint density at radius 2 is 1.38 bits per heavy atom. The van der Waals surface area contributed by atoms with Gasteiger partial charge >= 0.3 is 0 Å². The van der Waals surface area contributed by atoms with E-state index in [1.807, 2.05) is 12.1 Å². The van der Waals surface area contributed by atoms with Crippen LogP contribution in [0.4, 0.5) is 0 Å². The van der Waals surface area contributed by atoms with Crippen LogP contribution in [0.5, 0.6) is 0 Å². The average molecular weight is 411 g/mol. The monoisotopic (exact) mass is 410 g/mol. The molecule has 2 aromatic carbocycles. The van der Waals surface area contributed by atoms with Crippen molar-refractivity contribution in [3.8, 4) is 0 Å². The van der Waals surface area contributed by atoms with E-state index in [1.54, 1.807) is 0 Å². The maximum atomic E-state index is 12.5. The molecule has 1 saturated carbocycles. The lowest BCUT2D eigenvalue weighted by atomic mass is 10.1. The molecular weight excluding hydrogens is 380 g/mol. The number of ketones is 1. The van der Waals surface area contributed by atoms with Gasteiger partial charge in [-0.1, -0.05) is 81.4 Å². The Bertz CT molecular complexity index is 785. The highest BCUT2D eigenvalue weighted by Gasteiger charge is 2.54. The van der Waals surface area contributed by atoms with Crippen LogP contribution in [0, 0.1) is 5.92 Å². The third-order valence-electron chi connectivity index (χ3n) is 6.11. The summed E-state index contributed by atoms with van der Waals surface area (Å²) in [5.41, 5.74) is 0. The molecule has 1 aliphatic carbocycles. The van der Waals surface area contributed by atoms with Crippen molar-refractivity contribution in [1.29, 1.82) is 0 Å². The maximum absolute atomic E-state index is 12.5. The van der Waals surface area contributed by atoms with Gasteiger partial charge in [0, 0.05) is 18.8 Å². The first-order valence-corrected chi connectivity index (χ1v) is 12.4. The second-order valence-corrected chi connectivity index (χ2v) is 13.3. The first-order chi connectivity index (χ1) is 13.9. The summed E-state index contributed by atoms with van der Waals surface area (Å²) in [5, 5.41) is 2.33. The van der Waals surface area contributed by atoms with Gasteiger partial charge in [0.2, 0.25) is 0 Å². The van der Waals surface area contributed by atoms with Gasteiger partial charge in [0.1, 0.15) is 5.78 Å². The van der Waals surface area contributed by atoms with E-state index in [-0.39, 0.29) is 29.1 Å². The van der Waals surface area contributed by atoms with Crippen molar-refractivity contribution >= 4 is 24.5 Å². The number of rotatable bonds is 5. The predicted octanol–water partition coefficient (Wildman–Crippen LogP) is 3.28. The van der Waals surface area contributed by atoms with Crippen molar-refractivity contribution in [3.05, 3.63) is 60.7 Å². The summed E-state index contributed by atoms with van der Waals surface area (Å²) in [4.78, 5) is 12.5. The molecule has 1 heterocycles. The Labute approximate surface area is 174 Å². The van der Waals surface area contributed by atoms with Crippen LogP contribution in [0.3, 0.4) is 0 Å². The van der Waals surface area contributed by atoms with E-state index in [0.29, 0.717) is 26.1 Å². The standard InChI is InChI=1S/C24H30O4Si/c1-24(2,3)29(19-10-6-4-7-11-19,20-12-8-5-9-13-20)28-22-17-18(25)16-21(22)23-26-14-15-27-23/h4-13,21-23H,14-17H2,1-3H3/t21-,22-/m0/s1. The fourth-order valence-corrected chi connectivity index (χ4v) is 9.52. The number of benzene rings is 2. The first-order valence-electron chi connectivity index (χ1n) is 10.5. The van der Waals surface area contributed by atoms with Gasteiger partial charge in [0.25, 0.3) is 8.32 Å². The Hall–Kier alpha value is -1.79. The van der Waals surface area contributed by atoms with Gasteiger partial charge in [-0.15, -0.1) is 0 Å². The van der Waals surface area contributed by atoms with Gasteiger partial charge < -0.3 is 13.9 Å². The Morgan fingerprint density at radius 3 is 1.86 bits per heavy atom. The van der Waals surface area contributed by atoms with Crippen LogP contribution in [0.2, 0.25) is 5.04 Å². The van der Waals surface area contributed by atoms with Gasteiger partial charge in [0.15, 0.2) is 6.29 Å². The van der Waals surface area contributed by atoms with Crippen molar-refractivity contribution in [3.63, 3.8) is 0 Å². The number of ether oxygens (including phenoxy) is 2. The minimum atomic E-state index is -2.70.